The highest BCUT2D eigenvalue weighted by atomic mass is 16.5. The van der Waals surface area contributed by atoms with Gasteiger partial charge in [-0.15, -0.1) is 0 Å². The lowest BCUT2D eigenvalue weighted by Gasteiger charge is -2.18. The van der Waals surface area contributed by atoms with Crippen LogP contribution in [-0.4, -0.2) is 30.3 Å². The van der Waals surface area contributed by atoms with E-state index in [-0.39, 0.29) is 6.10 Å². The van der Waals surface area contributed by atoms with E-state index in [1.165, 1.54) is 6.42 Å². The second-order valence-electron chi connectivity index (χ2n) is 3.91. The summed E-state index contributed by atoms with van der Waals surface area (Å²) in [6.07, 6.45) is 2.19. The molecule has 1 saturated heterocycles. The van der Waals surface area contributed by atoms with Crippen molar-refractivity contribution < 1.29 is 9.26 Å². The van der Waals surface area contributed by atoms with Crippen LogP contribution in [0.3, 0.4) is 0 Å². The number of hydrogen-bond acceptors (Lipinski definition) is 5. The van der Waals surface area contributed by atoms with Crippen LogP contribution in [-0.2, 0) is 4.74 Å². The number of rotatable bonds is 3. The van der Waals surface area contributed by atoms with Crippen molar-refractivity contribution in [2.75, 3.05) is 20.2 Å². The van der Waals surface area contributed by atoms with Gasteiger partial charge in [0.1, 0.15) is 6.10 Å². The molecule has 1 N–H and O–H groups in total. The molecule has 2 heterocycles. The fraction of sp³-hybridized carbons (Fsp3) is 0.800. The molecule has 1 fully saturated rings. The van der Waals surface area contributed by atoms with Crippen molar-refractivity contribution in [2.45, 2.75) is 31.8 Å². The number of hydrogen-bond donors (Lipinski definition) is 1. The summed E-state index contributed by atoms with van der Waals surface area (Å²) in [5, 5.41) is 7.25. The van der Waals surface area contributed by atoms with E-state index in [4.69, 9.17) is 9.26 Å². The van der Waals surface area contributed by atoms with Gasteiger partial charge in [0.15, 0.2) is 5.82 Å². The zero-order valence-electron chi connectivity index (χ0n) is 9.19. The third-order valence-electron chi connectivity index (χ3n) is 2.82. The fourth-order valence-electron chi connectivity index (χ4n) is 1.75. The predicted octanol–water partition coefficient (Wildman–Crippen LogP) is 1.24. The molecule has 1 aliphatic rings. The molecule has 84 valence electrons. The molecule has 0 amide bonds. The summed E-state index contributed by atoms with van der Waals surface area (Å²) in [6.45, 7) is 3.93. The van der Waals surface area contributed by atoms with Crippen LogP contribution in [0.5, 0.6) is 0 Å². The smallest absolute Gasteiger partial charge is 0.231 e. The van der Waals surface area contributed by atoms with Gasteiger partial charge in [0, 0.05) is 13.7 Å². The highest BCUT2D eigenvalue weighted by Gasteiger charge is 2.22. The van der Waals surface area contributed by atoms with Crippen LogP contribution in [0.2, 0.25) is 0 Å². The lowest BCUT2D eigenvalue weighted by atomic mass is 10.00. The number of methoxy groups -OCH3 is 1. The first kappa shape index (κ1) is 10.6. The Hall–Kier alpha value is -0.940. The predicted molar refractivity (Wildman–Crippen MR) is 54.6 cm³/mol. The molecule has 0 aromatic carbocycles. The van der Waals surface area contributed by atoms with E-state index in [9.17, 15) is 0 Å². The van der Waals surface area contributed by atoms with Gasteiger partial charge in [0.2, 0.25) is 5.89 Å². The molecular formula is C10H17N3O2. The molecular weight excluding hydrogens is 194 g/mol. The Labute approximate surface area is 89.2 Å². The number of nitrogens with one attached hydrogen (secondary N) is 1. The molecule has 0 bridgehead atoms. The van der Waals surface area contributed by atoms with Crippen molar-refractivity contribution in [3.8, 4) is 0 Å². The van der Waals surface area contributed by atoms with E-state index < -0.39 is 0 Å². The summed E-state index contributed by atoms with van der Waals surface area (Å²) in [7, 11) is 1.64. The molecule has 2 unspecified atom stereocenters. The summed E-state index contributed by atoms with van der Waals surface area (Å²) in [5.41, 5.74) is 0. The molecule has 0 radical (unpaired) electrons. The summed E-state index contributed by atoms with van der Waals surface area (Å²) >= 11 is 0. The van der Waals surface area contributed by atoms with Crippen LogP contribution >= 0.6 is 0 Å². The van der Waals surface area contributed by atoms with Crippen molar-refractivity contribution in [1.82, 2.24) is 15.5 Å². The van der Waals surface area contributed by atoms with Gasteiger partial charge in [-0.3, -0.25) is 0 Å². The van der Waals surface area contributed by atoms with Crippen LogP contribution in [0.25, 0.3) is 0 Å². The molecule has 5 heteroatoms. The van der Waals surface area contributed by atoms with E-state index in [2.05, 4.69) is 15.5 Å². The van der Waals surface area contributed by atoms with Crippen molar-refractivity contribution in [3.05, 3.63) is 11.7 Å². The van der Waals surface area contributed by atoms with Crippen molar-refractivity contribution in [2.24, 2.45) is 0 Å². The molecule has 1 aliphatic heterocycles. The van der Waals surface area contributed by atoms with Crippen LogP contribution in [0, 0.1) is 0 Å². The summed E-state index contributed by atoms with van der Waals surface area (Å²) < 4.78 is 10.4. The average Bonchev–Trinajstić information content (AvgIpc) is 2.78. The Kier molecular flexibility index (Phi) is 3.33. The zero-order valence-corrected chi connectivity index (χ0v) is 9.19. The van der Waals surface area contributed by atoms with Gasteiger partial charge in [-0.05, 0) is 26.3 Å². The lowest BCUT2D eigenvalue weighted by molar-refractivity contribution is 0.109. The molecule has 0 aliphatic carbocycles. The van der Waals surface area contributed by atoms with E-state index in [0.717, 1.165) is 25.4 Å². The highest BCUT2D eigenvalue weighted by Crippen LogP contribution is 2.23. The average molecular weight is 211 g/mol. The van der Waals surface area contributed by atoms with Gasteiger partial charge >= 0.3 is 0 Å². The van der Waals surface area contributed by atoms with E-state index in [0.29, 0.717) is 11.7 Å². The molecule has 5 nitrogen and oxygen atoms in total. The van der Waals surface area contributed by atoms with Crippen LogP contribution in [0.15, 0.2) is 4.52 Å². The topological polar surface area (TPSA) is 60.2 Å². The summed E-state index contributed by atoms with van der Waals surface area (Å²) in [5.74, 6) is 1.74. The molecule has 0 saturated carbocycles. The molecule has 2 rings (SSSR count). The third-order valence-corrected chi connectivity index (χ3v) is 2.82. The minimum atomic E-state index is -0.0981. The van der Waals surface area contributed by atoms with Gasteiger partial charge in [-0.2, -0.15) is 4.98 Å². The SMILES string of the molecule is COC(C)c1noc(C2CCCNC2)n1. The zero-order chi connectivity index (χ0) is 10.7. The van der Waals surface area contributed by atoms with Crippen molar-refractivity contribution >= 4 is 0 Å². The van der Waals surface area contributed by atoms with E-state index >= 15 is 0 Å². The second-order valence-corrected chi connectivity index (χ2v) is 3.91. The highest BCUT2D eigenvalue weighted by molar-refractivity contribution is 4.98. The largest absolute Gasteiger partial charge is 0.374 e. The number of ether oxygens (including phenoxy) is 1. The van der Waals surface area contributed by atoms with Crippen LogP contribution < -0.4 is 5.32 Å². The molecule has 1 aromatic heterocycles. The fourth-order valence-corrected chi connectivity index (χ4v) is 1.75. The third kappa shape index (κ3) is 2.35. The van der Waals surface area contributed by atoms with Gasteiger partial charge in [-0.1, -0.05) is 5.16 Å². The molecule has 0 spiro atoms. The van der Waals surface area contributed by atoms with E-state index in [1.54, 1.807) is 7.11 Å². The van der Waals surface area contributed by atoms with Gasteiger partial charge in [-0.25, -0.2) is 0 Å². The van der Waals surface area contributed by atoms with Crippen LogP contribution in [0.4, 0.5) is 0 Å². The number of aromatic nitrogens is 2. The standard InChI is InChI=1S/C10H17N3O2/c1-7(14-2)9-12-10(15-13-9)8-4-3-5-11-6-8/h7-8,11H,3-6H2,1-2H3. The first-order valence-corrected chi connectivity index (χ1v) is 5.38. The monoisotopic (exact) mass is 211 g/mol. The number of nitrogens with zero attached hydrogens (tertiary/aromatic N) is 2. The molecule has 15 heavy (non-hydrogen) atoms. The molecule has 1 aromatic rings. The lowest BCUT2D eigenvalue weighted by Crippen LogP contribution is -2.28. The Morgan fingerprint density at radius 2 is 2.47 bits per heavy atom. The Morgan fingerprint density at radius 3 is 3.13 bits per heavy atom. The number of piperidine rings is 1. The van der Waals surface area contributed by atoms with Gasteiger partial charge in [0.25, 0.3) is 0 Å². The second kappa shape index (κ2) is 4.72. The molecule has 2 atom stereocenters. The van der Waals surface area contributed by atoms with E-state index in [1.807, 2.05) is 6.92 Å². The first-order chi connectivity index (χ1) is 7.31. The van der Waals surface area contributed by atoms with Gasteiger partial charge < -0.3 is 14.6 Å². The Bertz CT molecular complexity index is 307. The Balaban J connectivity index is 2.05. The van der Waals surface area contributed by atoms with Gasteiger partial charge in [0.05, 0.1) is 5.92 Å². The van der Waals surface area contributed by atoms with Crippen molar-refractivity contribution in [1.29, 1.82) is 0 Å². The minimum Gasteiger partial charge on any atom is -0.374 e. The maximum atomic E-state index is 5.25. The quantitative estimate of drug-likeness (QED) is 0.815. The summed E-state index contributed by atoms with van der Waals surface area (Å²) in [4.78, 5) is 4.36. The van der Waals surface area contributed by atoms with Crippen molar-refractivity contribution in [3.63, 3.8) is 0 Å². The van der Waals surface area contributed by atoms with Crippen LogP contribution in [0.1, 0.15) is 43.5 Å². The maximum absolute atomic E-state index is 5.25. The Morgan fingerprint density at radius 1 is 1.60 bits per heavy atom. The summed E-state index contributed by atoms with van der Waals surface area (Å²) in [6, 6.07) is 0. The maximum Gasteiger partial charge on any atom is 0.231 e. The minimum absolute atomic E-state index is 0.0981. The normalized spacial score (nSPS) is 24.0. The first-order valence-electron chi connectivity index (χ1n) is 5.38.